The number of aliphatic hydroxyl groups excluding tert-OH is 1. The number of anilines is 1. The Kier molecular flexibility index (Phi) is 11.5. The minimum absolute atomic E-state index is 0. The number of hydrogen-bond donors (Lipinski definition) is 3. The number of nitrogens with one attached hydrogen (secondary N) is 1. The van der Waals surface area contributed by atoms with Gasteiger partial charge in [-0.25, -0.2) is 15.0 Å². The largest absolute Gasteiger partial charge is 0.390 e. The van der Waals surface area contributed by atoms with Crippen molar-refractivity contribution in [2.24, 2.45) is 11.1 Å². The summed E-state index contributed by atoms with van der Waals surface area (Å²) in [6, 6.07) is 9.54. The summed E-state index contributed by atoms with van der Waals surface area (Å²) in [7, 11) is 0. The Balaban J connectivity index is 0.00000225. The van der Waals surface area contributed by atoms with E-state index in [1.165, 1.54) is 11.8 Å². The predicted octanol–water partition coefficient (Wildman–Crippen LogP) is 4.62. The van der Waals surface area contributed by atoms with Gasteiger partial charge in [0, 0.05) is 79.1 Å². The van der Waals surface area contributed by atoms with Gasteiger partial charge in [-0.15, -0.1) is 24.8 Å². The number of carbonyl (C=O) groups is 1. The fraction of sp³-hybridized carbons (Fsp3) is 0.455. The zero-order valence-corrected chi connectivity index (χ0v) is 30.1. The number of aromatic nitrogens is 4. The molecular weight excluding hydrogens is 695 g/mol. The highest BCUT2D eigenvalue weighted by Gasteiger charge is 2.47. The van der Waals surface area contributed by atoms with Crippen LogP contribution in [0.25, 0.3) is 16.9 Å². The van der Waals surface area contributed by atoms with Crippen molar-refractivity contribution < 1.29 is 14.6 Å². The summed E-state index contributed by atoms with van der Waals surface area (Å²) in [6.45, 7) is 9.11. The van der Waals surface area contributed by atoms with Crippen LogP contribution in [0.2, 0.25) is 5.02 Å². The monoisotopic (exact) mass is 734 g/mol. The summed E-state index contributed by atoms with van der Waals surface area (Å²) in [4.78, 5) is 32.4. The molecule has 3 aliphatic heterocycles. The van der Waals surface area contributed by atoms with Crippen LogP contribution in [-0.4, -0.2) is 93.3 Å². The van der Waals surface area contributed by atoms with Gasteiger partial charge < -0.3 is 35.1 Å². The number of fused-ring (bicyclic) bond motifs is 1. The smallest absolute Gasteiger partial charge is 0.253 e. The van der Waals surface area contributed by atoms with Crippen LogP contribution < -0.4 is 16.0 Å². The molecule has 3 fully saturated rings. The van der Waals surface area contributed by atoms with Crippen LogP contribution in [0, 0.1) is 12.3 Å². The van der Waals surface area contributed by atoms with Crippen LogP contribution in [0.3, 0.4) is 0 Å². The number of amides is 1. The first-order chi connectivity index (χ1) is 22.3. The first-order valence-electron chi connectivity index (χ1n) is 15.8. The van der Waals surface area contributed by atoms with Gasteiger partial charge >= 0.3 is 0 Å². The molecule has 0 unspecified atom stereocenters. The number of pyridine rings is 1. The van der Waals surface area contributed by atoms with Crippen molar-refractivity contribution in [2.75, 3.05) is 50.8 Å². The number of imidazole rings is 1. The number of piperazine rings is 1. The molecule has 1 spiro atoms. The van der Waals surface area contributed by atoms with Gasteiger partial charge in [0.15, 0.2) is 11.5 Å². The van der Waals surface area contributed by atoms with E-state index < -0.39 is 0 Å². The Labute approximate surface area is 301 Å². The maximum Gasteiger partial charge on any atom is 0.253 e. The van der Waals surface area contributed by atoms with Crippen LogP contribution in [0.15, 0.2) is 52.6 Å². The van der Waals surface area contributed by atoms with E-state index >= 15 is 0 Å². The number of aliphatic hydroxyl groups is 1. The number of rotatable bonds is 6. The number of carbonyl (C=O) groups excluding carboxylic acids is 1. The van der Waals surface area contributed by atoms with E-state index in [9.17, 15) is 9.90 Å². The topological polar surface area (TPSA) is 134 Å². The zero-order valence-electron chi connectivity index (χ0n) is 26.9. The summed E-state index contributed by atoms with van der Waals surface area (Å²) >= 11 is 8.33. The molecule has 15 heteroatoms. The van der Waals surface area contributed by atoms with Crippen LogP contribution in [-0.2, 0) is 11.3 Å². The van der Waals surface area contributed by atoms with Crippen LogP contribution in [0.5, 0.6) is 0 Å². The molecule has 2 atom stereocenters. The Morgan fingerprint density at radius 2 is 1.81 bits per heavy atom. The van der Waals surface area contributed by atoms with E-state index in [0.29, 0.717) is 46.6 Å². The van der Waals surface area contributed by atoms with Crippen LogP contribution in [0.1, 0.15) is 41.5 Å². The Morgan fingerprint density at radius 3 is 2.46 bits per heavy atom. The third-order valence-electron chi connectivity index (χ3n) is 9.70. The van der Waals surface area contributed by atoms with Gasteiger partial charge in [-0.1, -0.05) is 35.5 Å². The lowest BCUT2D eigenvalue weighted by Gasteiger charge is -2.42. The highest BCUT2D eigenvalue weighted by Crippen LogP contribution is 2.43. The first-order valence-corrected chi connectivity index (χ1v) is 17.0. The van der Waals surface area contributed by atoms with Gasteiger partial charge in [0.25, 0.3) is 5.91 Å². The molecule has 3 aliphatic rings. The highest BCUT2D eigenvalue weighted by atomic mass is 35.5. The maximum absolute atomic E-state index is 12.9. The standard InChI is InChI=1S/C33H39ClN8O3S.2ClH/c1-20-31(39-25(18-43)29(37-20)40-13-8-33(9-14-40)19-45-21(2)28(33)35)46-26-7-12-42-17-24(38-30(42)27(26)34)22-3-5-23(6-4-22)32(44)41-15-10-36-11-16-41;;/h3-7,12,17,21,28,36,43H,8-11,13-16,18-19,35H2,1-2H3;2*1H/t21-,28+;;/m0../s1. The van der Waals surface area contributed by atoms with E-state index in [-0.39, 0.29) is 54.9 Å². The molecule has 1 amide bonds. The number of halogens is 3. The molecule has 11 nitrogen and oxygen atoms in total. The van der Waals surface area contributed by atoms with Crippen LogP contribution in [0.4, 0.5) is 5.82 Å². The Morgan fingerprint density at radius 1 is 1.10 bits per heavy atom. The van der Waals surface area contributed by atoms with Gasteiger partial charge in [0.2, 0.25) is 0 Å². The summed E-state index contributed by atoms with van der Waals surface area (Å²) in [5.41, 5.74) is 10.8. The molecule has 6 heterocycles. The molecule has 0 bridgehead atoms. The van der Waals surface area contributed by atoms with Crippen molar-refractivity contribution in [3.05, 3.63) is 64.7 Å². The minimum Gasteiger partial charge on any atom is -0.390 e. The lowest BCUT2D eigenvalue weighted by molar-refractivity contribution is 0.0736. The van der Waals surface area contributed by atoms with Crippen LogP contribution >= 0.6 is 48.2 Å². The lowest BCUT2D eigenvalue weighted by Crippen LogP contribution is -2.51. The molecule has 1 aromatic carbocycles. The molecule has 0 saturated carbocycles. The summed E-state index contributed by atoms with van der Waals surface area (Å²) in [5, 5.41) is 14.8. The molecule has 4 aromatic rings. The van der Waals surface area contributed by atoms with Crippen molar-refractivity contribution in [1.82, 2.24) is 29.6 Å². The molecule has 258 valence electrons. The van der Waals surface area contributed by atoms with E-state index in [2.05, 4.69) is 10.2 Å². The molecule has 48 heavy (non-hydrogen) atoms. The molecule has 3 aromatic heterocycles. The normalized spacial score (nSPS) is 20.5. The third kappa shape index (κ3) is 6.86. The number of nitrogens with zero attached hydrogens (tertiary/aromatic N) is 6. The number of ether oxygens (including phenoxy) is 1. The average molecular weight is 736 g/mol. The van der Waals surface area contributed by atoms with Gasteiger partial charge in [-0.05, 0) is 44.9 Å². The number of benzene rings is 1. The second-order valence-corrected chi connectivity index (χ2v) is 13.9. The van der Waals surface area contributed by atoms with E-state index in [1.54, 1.807) is 0 Å². The van der Waals surface area contributed by atoms with Gasteiger partial charge in [-0.2, -0.15) is 0 Å². The number of nitrogens with two attached hydrogens (primary N) is 1. The third-order valence-corrected chi connectivity index (χ3v) is 11.3. The fourth-order valence-corrected chi connectivity index (χ4v) is 7.96. The molecular formula is C33H41Cl3N8O3S. The molecule has 0 aliphatic carbocycles. The molecule has 3 saturated heterocycles. The van der Waals surface area contributed by atoms with Gasteiger partial charge in [0.05, 0.1) is 35.7 Å². The van der Waals surface area contributed by atoms with Gasteiger partial charge in [-0.3, -0.25) is 4.79 Å². The molecule has 0 radical (unpaired) electrons. The Hall–Kier alpha value is -2.68. The average Bonchev–Trinajstić information content (AvgIpc) is 3.65. The van der Waals surface area contributed by atoms with Crippen molar-refractivity contribution in [3.8, 4) is 11.3 Å². The molecule has 7 rings (SSSR count). The second-order valence-electron chi connectivity index (χ2n) is 12.5. The van der Waals surface area contributed by atoms with E-state index in [4.69, 9.17) is 37.0 Å². The summed E-state index contributed by atoms with van der Waals surface area (Å²) < 4.78 is 7.78. The summed E-state index contributed by atoms with van der Waals surface area (Å²) in [5.74, 6) is 0.770. The predicted molar refractivity (Wildman–Crippen MR) is 193 cm³/mol. The minimum atomic E-state index is -0.215. The highest BCUT2D eigenvalue weighted by molar-refractivity contribution is 7.99. The number of hydrogen-bond acceptors (Lipinski definition) is 10. The van der Waals surface area contributed by atoms with Crippen molar-refractivity contribution in [2.45, 2.75) is 55.4 Å². The lowest BCUT2D eigenvalue weighted by atomic mass is 9.73. The van der Waals surface area contributed by atoms with E-state index in [1.807, 2.05) is 65.9 Å². The second kappa shape index (κ2) is 15.1. The number of piperidine rings is 1. The first kappa shape index (κ1) is 36.6. The SMILES string of the molecule is Cc1nc(N2CCC3(CC2)CO[C@@H](C)[C@H]3N)c(CO)nc1Sc1ccn2cc(-c3ccc(C(=O)N4CCNCC4)cc3)nc2c1Cl.Cl.Cl. The Bertz CT molecular complexity index is 1760. The molecule has 4 N–H and O–H groups in total. The van der Waals surface area contributed by atoms with Crippen molar-refractivity contribution in [3.63, 3.8) is 0 Å². The summed E-state index contributed by atoms with van der Waals surface area (Å²) in [6.07, 6.45) is 5.76. The number of aryl methyl sites for hydroxylation is 1. The fourth-order valence-electron chi connectivity index (χ4n) is 6.77. The quantitative estimate of drug-likeness (QED) is 0.258. The van der Waals surface area contributed by atoms with Crippen molar-refractivity contribution in [1.29, 1.82) is 0 Å². The van der Waals surface area contributed by atoms with E-state index in [0.717, 1.165) is 66.7 Å². The van der Waals surface area contributed by atoms with Gasteiger partial charge in [0.1, 0.15) is 10.7 Å². The zero-order chi connectivity index (χ0) is 32.0. The maximum atomic E-state index is 12.9. The van der Waals surface area contributed by atoms with Crippen molar-refractivity contribution >= 4 is 65.5 Å².